The van der Waals surface area contributed by atoms with Crippen LogP contribution in [0, 0.1) is 0 Å². The molecule has 2 aromatic heterocycles. The van der Waals surface area contributed by atoms with E-state index in [9.17, 15) is 8.42 Å². The van der Waals surface area contributed by atoms with Gasteiger partial charge in [-0.25, -0.2) is 13.4 Å². The van der Waals surface area contributed by atoms with E-state index in [-0.39, 0.29) is 23.4 Å². The van der Waals surface area contributed by atoms with Crippen LogP contribution in [0.4, 0.5) is 34.6 Å². The van der Waals surface area contributed by atoms with Crippen molar-refractivity contribution in [1.29, 1.82) is 0 Å². The molecule has 14 heteroatoms. The largest absolute Gasteiger partial charge is 0.479 e. The Morgan fingerprint density at radius 3 is 2.43 bits per heavy atom. The number of nitrogens with one attached hydrogen (secondary N) is 3. The number of benzene rings is 1. The van der Waals surface area contributed by atoms with Crippen LogP contribution in [0.25, 0.3) is 0 Å². The van der Waals surface area contributed by atoms with Crippen molar-refractivity contribution in [3.63, 3.8) is 0 Å². The number of aromatic nitrogens is 3. The minimum atomic E-state index is -3.48. The molecule has 198 valence electrons. The van der Waals surface area contributed by atoms with Gasteiger partial charge < -0.3 is 25.4 Å². The van der Waals surface area contributed by atoms with Crippen LogP contribution in [-0.2, 0) is 10.0 Å². The molecule has 12 nitrogen and oxygen atoms in total. The quantitative estimate of drug-likeness (QED) is 0.296. The number of hydrogen-bond acceptors (Lipinski definition) is 11. The Bertz CT molecular complexity index is 1340. The van der Waals surface area contributed by atoms with E-state index in [1.54, 1.807) is 24.3 Å². The fourth-order valence-electron chi connectivity index (χ4n) is 3.84. The maximum Gasteiger partial charge on any atom is 0.239 e. The lowest BCUT2D eigenvalue weighted by Gasteiger charge is -2.35. The minimum Gasteiger partial charge on any atom is -0.479 e. The summed E-state index contributed by atoms with van der Waals surface area (Å²) < 4.78 is 31.4. The molecule has 1 aliphatic rings. The van der Waals surface area contributed by atoms with Crippen LogP contribution < -0.4 is 25.0 Å². The average molecular weight is 549 g/mol. The van der Waals surface area contributed by atoms with Crippen molar-refractivity contribution < 1.29 is 18.3 Å². The van der Waals surface area contributed by atoms with E-state index in [0.717, 1.165) is 38.3 Å². The van der Waals surface area contributed by atoms with Gasteiger partial charge in [-0.1, -0.05) is 23.7 Å². The Balaban J connectivity index is 1.51. The lowest BCUT2D eigenvalue weighted by Crippen LogP contribution is -2.47. The number of anilines is 6. The van der Waals surface area contributed by atoms with Crippen LogP contribution >= 0.6 is 11.6 Å². The van der Waals surface area contributed by atoms with Gasteiger partial charge in [-0.05, 0) is 24.3 Å². The maximum atomic E-state index is 11.7. The third-order valence-electron chi connectivity index (χ3n) is 5.62. The van der Waals surface area contributed by atoms with Gasteiger partial charge in [-0.2, -0.15) is 9.97 Å². The fourth-order valence-corrected chi connectivity index (χ4v) is 4.56. The summed E-state index contributed by atoms with van der Waals surface area (Å²) in [6.07, 6.45) is 2.51. The topological polar surface area (TPSA) is 145 Å². The first-order valence-corrected chi connectivity index (χ1v) is 13.8. The SMILES string of the molecule is COc1nc(N2CCN(CCO)CC2)ccc1Nc1ncc(Cl)c(Nc2ccccc2NS(C)(=O)=O)n1. The molecule has 0 aliphatic carbocycles. The molecular formula is C23H29ClN8O4S. The molecule has 1 aliphatic heterocycles. The molecule has 0 atom stereocenters. The molecule has 1 saturated heterocycles. The number of nitrogens with zero attached hydrogens (tertiary/aromatic N) is 5. The van der Waals surface area contributed by atoms with E-state index in [1.807, 2.05) is 12.1 Å². The second kappa shape index (κ2) is 11.8. The van der Waals surface area contributed by atoms with Crippen LogP contribution in [-0.4, -0.2) is 86.1 Å². The van der Waals surface area contributed by atoms with Crippen molar-refractivity contribution in [2.24, 2.45) is 0 Å². The van der Waals surface area contributed by atoms with Gasteiger partial charge in [0.05, 0.1) is 37.5 Å². The first kappa shape index (κ1) is 26.7. The first-order valence-electron chi connectivity index (χ1n) is 11.5. The summed E-state index contributed by atoms with van der Waals surface area (Å²) in [4.78, 5) is 17.7. The van der Waals surface area contributed by atoms with E-state index in [1.165, 1.54) is 13.3 Å². The van der Waals surface area contributed by atoms with E-state index in [2.05, 4.69) is 40.1 Å². The third-order valence-corrected chi connectivity index (χ3v) is 6.48. The van der Waals surface area contributed by atoms with Crippen LogP contribution in [0.5, 0.6) is 5.88 Å². The van der Waals surface area contributed by atoms with Gasteiger partial charge in [-0.3, -0.25) is 9.62 Å². The van der Waals surface area contributed by atoms with Gasteiger partial charge in [-0.15, -0.1) is 0 Å². The van der Waals surface area contributed by atoms with Gasteiger partial charge in [0.15, 0.2) is 5.82 Å². The number of methoxy groups -OCH3 is 1. The number of sulfonamides is 1. The molecule has 4 rings (SSSR count). The zero-order valence-electron chi connectivity index (χ0n) is 20.5. The number of aliphatic hydroxyl groups excluding tert-OH is 1. The highest BCUT2D eigenvalue weighted by molar-refractivity contribution is 7.92. The summed E-state index contributed by atoms with van der Waals surface area (Å²) in [5.74, 6) is 1.70. The molecule has 0 unspecified atom stereocenters. The number of rotatable bonds is 10. The smallest absolute Gasteiger partial charge is 0.239 e. The lowest BCUT2D eigenvalue weighted by atomic mass is 10.2. The Kier molecular flexibility index (Phi) is 8.48. The Morgan fingerprint density at radius 1 is 1.03 bits per heavy atom. The molecule has 1 fully saturated rings. The number of pyridine rings is 1. The Morgan fingerprint density at radius 2 is 1.76 bits per heavy atom. The molecule has 0 amide bonds. The molecule has 1 aromatic carbocycles. The summed E-state index contributed by atoms with van der Waals surface area (Å²) in [5, 5.41) is 15.6. The predicted octanol–water partition coefficient (Wildman–Crippen LogP) is 2.51. The number of halogens is 1. The van der Waals surface area contributed by atoms with Crippen LogP contribution in [0.15, 0.2) is 42.6 Å². The number of para-hydroxylation sites is 2. The summed E-state index contributed by atoms with van der Waals surface area (Å²) in [6.45, 7) is 4.12. The van der Waals surface area contributed by atoms with E-state index in [4.69, 9.17) is 21.4 Å². The molecule has 3 aromatic rings. The third kappa shape index (κ3) is 7.10. The molecule has 4 N–H and O–H groups in total. The van der Waals surface area contributed by atoms with Crippen molar-refractivity contribution in [3.8, 4) is 5.88 Å². The number of β-amino-alcohol motifs (C(OH)–C–C–N with tert-alkyl or cyclic N) is 1. The average Bonchev–Trinajstić information content (AvgIpc) is 2.87. The second-order valence-electron chi connectivity index (χ2n) is 8.34. The molecule has 0 saturated carbocycles. The zero-order chi connectivity index (χ0) is 26.4. The van der Waals surface area contributed by atoms with Crippen molar-refractivity contribution in [2.75, 3.05) is 73.0 Å². The maximum absolute atomic E-state index is 11.7. The van der Waals surface area contributed by atoms with Crippen LogP contribution in [0.3, 0.4) is 0 Å². The van der Waals surface area contributed by atoms with Crippen LogP contribution in [0.1, 0.15) is 0 Å². The molecule has 0 bridgehead atoms. The highest BCUT2D eigenvalue weighted by Crippen LogP contribution is 2.31. The normalized spacial score (nSPS) is 14.3. The first-order chi connectivity index (χ1) is 17.8. The molecular weight excluding hydrogens is 520 g/mol. The molecule has 0 radical (unpaired) electrons. The summed E-state index contributed by atoms with van der Waals surface area (Å²) in [5.41, 5.74) is 1.40. The summed E-state index contributed by atoms with van der Waals surface area (Å²) >= 11 is 6.32. The van der Waals surface area contributed by atoms with Crippen molar-refractivity contribution in [1.82, 2.24) is 19.9 Å². The number of piperazine rings is 1. The van der Waals surface area contributed by atoms with E-state index >= 15 is 0 Å². The van der Waals surface area contributed by atoms with Gasteiger partial charge in [0.25, 0.3) is 0 Å². The summed E-state index contributed by atoms with van der Waals surface area (Å²) in [7, 11) is -1.94. The Labute approximate surface area is 220 Å². The van der Waals surface area contributed by atoms with Crippen molar-refractivity contribution in [3.05, 3.63) is 47.6 Å². The van der Waals surface area contributed by atoms with Gasteiger partial charge in [0.1, 0.15) is 16.5 Å². The predicted molar refractivity (Wildman–Crippen MR) is 145 cm³/mol. The lowest BCUT2D eigenvalue weighted by molar-refractivity contribution is 0.188. The highest BCUT2D eigenvalue weighted by atomic mass is 35.5. The van der Waals surface area contributed by atoms with Gasteiger partial charge in [0.2, 0.25) is 21.9 Å². The number of hydrogen-bond donors (Lipinski definition) is 4. The van der Waals surface area contributed by atoms with Crippen LogP contribution in [0.2, 0.25) is 5.02 Å². The summed E-state index contributed by atoms with van der Waals surface area (Å²) in [6, 6.07) is 10.5. The molecule has 37 heavy (non-hydrogen) atoms. The molecule has 0 spiro atoms. The van der Waals surface area contributed by atoms with Gasteiger partial charge >= 0.3 is 0 Å². The zero-order valence-corrected chi connectivity index (χ0v) is 22.1. The van der Waals surface area contributed by atoms with E-state index in [0.29, 0.717) is 29.5 Å². The monoisotopic (exact) mass is 548 g/mol. The van der Waals surface area contributed by atoms with Gasteiger partial charge in [0, 0.05) is 32.7 Å². The van der Waals surface area contributed by atoms with Crippen molar-refractivity contribution >= 4 is 56.3 Å². The highest BCUT2D eigenvalue weighted by Gasteiger charge is 2.19. The fraction of sp³-hybridized carbons (Fsp3) is 0.348. The number of ether oxygens (including phenoxy) is 1. The number of aliphatic hydroxyl groups is 1. The standard InChI is InChI=1S/C23H29ClN8O4S/c1-36-22-19(7-8-20(28-22)32-11-9-31(10-12-32)13-14-33)27-23-25-15-16(24)21(29-23)26-17-5-3-4-6-18(17)30-37(2,34)35/h3-8,15,30,33H,9-14H2,1-2H3,(H2,25,26,27,29). The second-order valence-corrected chi connectivity index (χ2v) is 10.5. The van der Waals surface area contributed by atoms with E-state index < -0.39 is 10.0 Å². The molecule has 3 heterocycles. The Hall–Kier alpha value is -3.39. The minimum absolute atomic E-state index is 0.153. The van der Waals surface area contributed by atoms with Crippen molar-refractivity contribution in [2.45, 2.75) is 0 Å².